The largest absolute Gasteiger partial charge is 0.445 e. The van der Waals surface area contributed by atoms with E-state index in [9.17, 15) is 14.4 Å². The van der Waals surface area contributed by atoms with E-state index in [-0.39, 0.29) is 31.1 Å². The Kier molecular flexibility index (Phi) is 11.7. The Morgan fingerprint density at radius 2 is 1.33 bits per heavy atom. The third-order valence-corrected chi connectivity index (χ3v) is 8.21. The highest BCUT2D eigenvalue weighted by atomic mass is 16.6. The number of aromatic nitrogens is 1. The fourth-order valence-electron chi connectivity index (χ4n) is 5.37. The van der Waals surface area contributed by atoms with Crippen molar-refractivity contribution in [2.45, 2.75) is 58.3 Å². The van der Waals surface area contributed by atoms with Crippen LogP contribution >= 0.6 is 0 Å². The number of amides is 3. The van der Waals surface area contributed by atoms with Crippen LogP contribution in [0, 0.1) is 0 Å². The van der Waals surface area contributed by atoms with Gasteiger partial charge in [-0.05, 0) is 58.2 Å². The highest BCUT2D eigenvalue weighted by Crippen LogP contribution is 2.28. The summed E-state index contributed by atoms with van der Waals surface area (Å²) in [7, 11) is 0. The first kappa shape index (κ1) is 34.8. The van der Waals surface area contributed by atoms with Gasteiger partial charge in [-0.2, -0.15) is 0 Å². The fraction of sp³-hybridized carbons (Fsp3) is 0.275. The number of hydrogen-bond donors (Lipinski definition) is 4. The first-order valence-corrected chi connectivity index (χ1v) is 16.6. The molecule has 0 fully saturated rings. The van der Waals surface area contributed by atoms with Crippen LogP contribution in [0.2, 0.25) is 0 Å². The Hall–Kier alpha value is -5.57. The minimum Gasteiger partial charge on any atom is -0.445 e. The Morgan fingerprint density at radius 3 is 1.96 bits per heavy atom. The number of aromatic amines is 1. The summed E-state index contributed by atoms with van der Waals surface area (Å²) in [5.41, 5.74) is 6.54. The predicted molar refractivity (Wildman–Crippen MR) is 192 cm³/mol. The standard InChI is InChI=1S/C40H44N4O5/c1-40(2,3)33-20-18-30(19-21-33)31-16-17-32-24-36(44-35(32)23-31)37(45)42-25-34(43-39(47)49-27-29-13-8-5-9-14-29)15-10-22-41-38(46)48-26-28-11-6-4-7-12-28/h4-9,11-14,16-21,23-24,34,44H,10,15,22,25-27H2,1-3H3,(H,41,46)(H,42,45)(H,43,47)/t34-/m0/s1. The van der Waals surface area contributed by atoms with Gasteiger partial charge in [-0.3, -0.25) is 4.79 Å². The number of carbonyl (C=O) groups is 3. The number of fused-ring (bicyclic) bond motifs is 1. The van der Waals surface area contributed by atoms with Gasteiger partial charge in [0.2, 0.25) is 0 Å². The van der Waals surface area contributed by atoms with E-state index in [1.165, 1.54) is 5.56 Å². The molecule has 49 heavy (non-hydrogen) atoms. The average molecular weight is 661 g/mol. The van der Waals surface area contributed by atoms with Crippen molar-refractivity contribution in [2.24, 2.45) is 0 Å². The molecule has 5 aromatic rings. The topological polar surface area (TPSA) is 122 Å². The van der Waals surface area contributed by atoms with E-state index in [1.807, 2.05) is 78.9 Å². The normalized spacial score (nSPS) is 11.8. The van der Waals surface area contributed by atoms with Gasteiger partial charge in [0.05, 0.1) is 0 Å². The van der Waals surface area contributed by atoms with Gasteiger partial charge in [-0.1, -0.05) is 118 Å². The molecule has 4 aromatic carbocycles. The summed E-state index contributed by atoms with van der Waals surface area (Å²) in [6, 6.07) is 34.9. The summed E-state index contributed by atoms with van der Waals surface area (Å²) in [6.45, 7) is 7.38. The highest BCUT2D eigenvalue weighted by Gasteiger charge is 2.18. The molecule has 0 saturated heterocycles. The Morgan fingerprint density at radius 1 is 0.714 bits per heavy atom. The molecule has 1 atom stereocenters. The molecule has 0 aliphatic heterocycles. The molecular weight excluding hydrogens is 616 g/mol. The maximum Gasteiger partial charge on any atom is 0.407 e. The lowest BCUT2D eigenvalue weighted by molar-refractivity contribution is 0.0940. The lowest BCUT2D eigenvalue weighted by atomic mass is 9.86. The quantitative estimate of drug-likeness (QED) is 0.0959. The van der Waals surface area contributed by atoms with Crippen molar-refractivity contribution in [1.29, 1.82) is 0 Å². The molecule has 1 aromatic heterocycles. The summed E-state index contributed by atoms with van der Waals surface area (Å²) in [6.07, 6.45) is -0.102. The second-order valence-electron chi connectivity index (χ2n) is 13.1. The van der Waals surface area contributed by atoms with E-state index < -0.39 is 18.2 Å². The molecule has 1 heterocycles. The lowest BCUT2D eigenvalue weighted by Crippen LogP contribution is -2.44. The molecule has 0 unspecified atom stereocenters. The maximum atomic E-state index is 13.2. The van der Waals surface area contributed by atoms with Crippen molar-refractivity contribution < 1.29 is 23.9 Å². The average Bonchev–Trinajstić information content (AvgIpc) is 3.55. The van der Waals surface area contributed by atoms with E-state index >= 15 is 0 Å². The summed E-state index contributed by atoms with van der Waals surface area (Å²) in [5.74, 6) is -0.292. The van der Waals surface area contributed by atoms with Gasteiger partial charge in [0, 0.05) is 30.0 Å². The first-order valence-electron chi connectivity index (χ1n) is 16.6. The van der Waals surface area contributed by atoms with Gasteiger partial charge in [-0.15, -0.1) is 0 Å². The summed E-state index contributed by atoms with van der Waals surface area (Å²) < 4.78 is 10.7. The molecule has 0 radical (unpaired) electrons. The number of hydrogen-bond acceptors (Lipinski definition) is 5. The lowest BCUT2D eigenvalue weighted by Gasteiger charge is -2.19. The van der Waals surface area contributed by atoms with Gasteiger partial charge in [-0.25, -0.2) is 9.59 Å². The van der Waals surface area contributed by atoms with Crippen molar-refractivity contribution >= 4 is 29.0 Å². The second kappa shape index (κ2) is 16.5. The van der Waals surface area contributed by atoms with Crippen molar-refractivity contribution in [2.75, 3.05) is 13.1 Å². The van der Waals surface area contributed by atoms with E-state index in [1.54, 1.807) is 0 Å². The number of alkyl carbamates (subject to hydrolysis) is 2. The molecular formula is C40H44N4O5. The van der Waals surface area contributed by atoms with Crippen LogP contribution in [0.5, 0.6) is 0 Å². The summed E-state index contributed by atoms with van der Waals surface area (Å²) in [4.78, 5) is 41.4. The monoisotopic (exact) mass is 660 g/mol. The van der Waals surface area contributed by atoms with Crippen molar-refractivity contribution in [3.05, 3.63) is 132 Å². The highest BCUT2D eigenvalue weighted by molar-refractivity contribution is 5.98. The Bertz CT molecular complexity index is 1830. The van der Waals surface area contributed by atoms with E-state index in [0.29, 0.717) is 25.1 Å². The molecule has 0 aliphatic carbocycles. The van der Waals surface area contributed by atoms with Crippen LogP contribution in [0.3, 0.4) is 0 Å². The van der Waals surface area contributed by atoms with Gasteiger partial charge in [0.1, 0.15) is 18.9 Å². The smallest absolute Gasteiger partial charge is 0.407 e. The number of ether oxygens (including phenoxy) is 2. The van der Waals surface area contributed by atoms with Crippen molar-refractivity contribution in [1.82, 2.24) is 20.9 Å². The van der Waals surface area contributed by atoms with Gasteiger partial charge in [0.25, 0.3) is 5.91 Å². The molecule has 3 amide bonds. The third-order valence-electron chi connectivity index (χ3n) is 8.21. The molecule has 0 aliphatic rings. The molecule has 9 heteroatoms. The number of H-pyrrole nitrogens is 1. The maximum absolute atomic E-state index is 13.2. The predicted octanol–water partition coefficient (Wildman–Crippen LogP) is 7.86. The molecule has 0 saturated carbocycles. The zero-order chi connectivity index (χ0) is 34.6. The van der Waals surface area contributed by atoms with Crippen LogP contribution in [0.15, 0.2) is 109 Å². The van der Waals surface area contributed by atoms with E-state index in [2.05, 4.69) is 72.0 Å². The number of carbonyl (C=O) groups excluding carboxylic acids is 3. The zero-order valence-corrected chi connectivity index (χ0v) is 28.3. The van der Waals surface area contributed by atoms with Crippen LogP contribution in [0.25, 0.3) is 22.0 Å². The Balaban J connectivity index is 1.16. The van der Waals surface area contributed by atoms with Gasteiger partial charge >= 0.3 is 12.2 Å². The van der Waals surface area contributed by atoms with E-state index in [4.69, 9.17) is 9.47 Å². The molecule has 0 bridgehead atoms. The van der Waals surface area contributed by atoms with Crippen LogP contribution in [0.4, 0.5) is 9.59 Å². The van der Waals surface area contributed by atoms with Crippen LogP contribution in [-0.4, -0.2) is 42.2 Å². The number of rotatable bonds is 13. The second-order valence-corrected chi connectivity index (χ2v) is 13.1. The van der Waals surface area contributed by atoms with Crippen LogP contribution < -0.4 is 16.0 Å². The zero-order valence-electron chi connectivity index (χ0n) is 28.3. The van der Waals surface area contributed by atoms with Crippen molar-refractivity contribution in [3.8, 4) is 11.1 Å². The number of nitrogens with one attached hydrogen (secondary N) is 4. The Labute approximate surface area is 287 Å². The van der Waals surface area contributed by atoms with Crippen molar-refractivity contribution in [3.63, 3.8) is 0 Å². The SMILES string of the molecule is CC(C)(C)c1ccc(-c2ccc3cc(C(=O)NC[C@H](CCCNC(=O)OCc4ccccc4)NC(=O)OCc4ccccc4)[nH]c3c2)cc1. The molecule has 0 spiro atoms. The minimum absolute atomic E-state index is 0.0781. The molecule has 4 N–H and O–H groups in total. The van der Waals surface area contributed by atoms with Gasteiger partial charge in [0.15, 0.2) is 0 Å². The number of benzene rings is 4. The molecule has 254 valence electrons. The van der Waals surface area contributed by atoms with E-state index in [0.717, 1.165) is 33.2 Å². The van der Waals surface area contributed by atoms with Crippen LogP contribution in [-0.2, 0) is 28.1 Å². The summed E-state index contributed by atoms with van der Waals surface area (Å²) in [5, 5.41) is 9.47. The first-order chi connectivity index (χ1) is 23.6. The molecule has 5 rings (SSSR count). The minimum atomic E-state index is -0.591. The summed E-state index contributed by atoms with van der Waals surface area (Å²) >= 11 is 0. The van der Waals surface area contributed by atoms with Crippen LogP contribution in [0.1, 0.15) is 60.8 Å². The molecule has 9 nitrogen and oxygen atoms in total. The fourth-order valence-corrected chi connectivity index (χ4v) is 5.37. The third kappa shape index (κ3) is 10.5. The van der Waals surface area contributed by atoms with Gasteiger partial charge < -0.3 is 30.4 Å².